The maximum absolute atomic E-state index is 12.2. The molecule has 0 aliphatic carbocycles. The van der Waals surface area contributed by atoms with E-state index < -0.39 is 0 Å². The summed E-state index contributed by atoms with van der Waals surface area (Å²) in [5.74, 6) is 0.900. The third-order valence-electron chi connectivity index (χ3n) is 3.98. The molecule has 1 aromatic rings. The SMILES string of the molecule is CCOCC1CCN(C(=O)Nc2nc(C(C)CC)cs2)C1. The van der Waals surface area contributed by atoms with Crippen molar-refractivity contribution < 1.29 is 9.53 Å². The molecule has 0 aromatic carbocycles. The Kier molecular flexibility index (Phi) is 5.99. The monoisotopic (exact) mass is 311 g/mol. The van der Waals surface area contributed by atoms with Crippen molar-refractivity contribution in [3.63, 3.8) is 0 Å². The first kappa shape index (κ1) is 16.2. The standard InChI is InChI=1S/C15H25N3O2S/c1-4-11(3)13-10-21-14(16-13)17-15(19)18-7-6-12(8-18)9-20-5-2/h10-12H,4-9H2,1-3H3,(H,16,17,19). The molecule has 2 unspecified atom stereocenters. The van der Waals surface area contributed by atoms with Crippen molar-refractivity contribution in [2.24, 2.45) is 5.92 Å². The molecule has 2 amide bonds. The van der Waals surface area contributed by atoms with Crippen molar-refractivity contribution in [3.8, 4) is 0 Å². The Labute approximate surface area is 130 Å². The van der Waals surface area contributed by atoms with Gasteiger partial charge in [0.2, 0.25) is 0 Å². The van der Waals surface area contributed by atoms with E-state index >= 15 is 0 Å². The molecule has 1 aliphatic heterocycles. The number of hydrogen-bond donors (Lipinski definition) is 1. The summed E-state index contributed by atoms with van der Waals surface area (Å²) in [5.41, 5.74) is 1.06. The molecule has 1 saturated heterocycles. The minimum Gasteiger partial charge on any atom is -0.381 e. The van der Waals surface area contributed by atoms with Crippen molar-refractivity contribution in [1.29, 1.82) is 0 Å². The highest BCUT2D eigenvalue weighted by atomic mass is 32.1. The maximum Gasteiger partial charge on any atom is 0.323 e. The van der Waals surface area contributed by atoms with E-state index in [9.17, 15) is 4.79 Å². The predicted octanol–water partition coefficient (Wildman–Crippen LogP) is 3.55. The number of carbonyl (C=O) groups is 1. The van der Waals surface area contributed by atoms with E-state index in [1.807, 2.05) is 17.2 Å². The van der Waals surface area contributed by atoms with Gasteiger partial charge in [-0.1, -0.05) is 13.8 Å². The lowest BCUT2D eigenvalue weighted by Crippen LogP contribution is -2.33. The van der Waals surface area contributed by atoms with Gasteiger partial charge in [-0.05, 0) is 25.7 Å². The van der Waals surface area contributed by atoms with Crippen LogP contribution >= 0.6 is 11.3 Å². The summed E-state index contributed by atoms with van der Waals surface area (Å²) in [6, 6.07) is -0.0425. The molecule has 0 bridgehead atoms. The van der Waals surface area contributed by atoms with E-state index in [4.69, 9.17) is 4.74 Å². The number of likely N-dealkylation sites (tertiary alicyclic amines) is 1. The fourth-order valence-corrected chi connectivity index (χ4v) is 3.21. The predicted molar refractivity (Wildman–Crippen MR) is 86.0 cm³/mol. The maximum atomic E-state index is 12.2. The highest BCUT2D eigenvalue weighted by molar-refractivity contribution is 7.13. The molecule has 118 valence electrons. The van der Waals surface area contributed by atoms with E-state index in [1.54, 1.807) is 0 Å². The van der Waals surface area contributed by atoms with E-state index in [-0.39, 0.29) is 6.03 Å². The Morgan fingerprint density at radius 2 is 2.43 bits per heavy atom. The Bertz CT molecular complexity index is 464. The van der Waals surface area contributed by atoms with Gasteiger partial charge in [0.1, 0.15) is 0 Å². The first-order valence-electron chi connectivity index (χ1n) is 7.73. The lowest BCUT2D eigenvalue weighted by atomic mass is 10.1. The molecule has 1 aromatic heterocycles. The Morgan fingerprint density at radius 3 is 3.14 bits per heavy atom. The van der Waals surface area contributed by atoms with Crippen LogP contribution in [0.15, 0.2) is 5.38 Å². The highest BCUT2D eigenvalue weighted by Gasteiger charge is 2.26. The average molecular weight is 311 g/mol. The molecule has 2 rings (SSSR count). The largest absolute Gasteiger partial charge is 0.381 e. The second-order valence-corrected chi connectivity index (χ2v) is 6.44. The number of nitrogens with one attached hydrogen (secondary N) is 1. The van der Waals surface area contributed by atoms with Crippen molar-refractivity contribution in [2.45, 2.75) is 39.5 Å². The Hall–Kier alpha value is -1.14. The summed E-state index contributed by atoms with van der Waals surface area (Å²) in [6.45, 7) is 9.35. The van der Waals surface area contributed by atoms with E-state index in [0.717, 1.165) is 44.8 Å². The van der Waals surface area contributed by atoms with Gasteiger partial charge in [0.25, 0.3) is 0 Å². The van der Waals surface area contributed by atoms with Gasteiger partial charge in [-0.15, -0.1) is 11.3 Å². The van der Waals surface area contributed by atoms with Crippen LogP contribution in [-0.2, 0) is 4.74 Å². The molecule has 1 fully saturated rings. The van der Waals surface area contributed by atoms with Gasteiger partial charge >= 0.3 is 6.03 Å². The van der Waals surface area contributed by atoms with Crippen LogP contribution in [0.3, 0.4) is 0 Å². The van der Waals surface area contributed by atoms with Crippen LogP contribution in [0.25, 0.3) is 0 Å². The Morgan fingerprint density at radius 1 is 1.62 bits per heavy atom. The molecule has 0 spiro atoms. The number of nitrogens with zero attached hydrogens (tertiary/aromatic N) is 2. The van der Waals surface area contributed by atoms with E-state index in [2.05, 4.69) is 24.1 Å². The summed E-state index contributed by atoms with van der Waals surface area (Å²) in [6.07, 6.45) is 2.08. The Balaban J connectivity index is 1.83. The number of amides is 2. The molecule has 2 atom stereocenters. The van der Waals surface area contributed by atoms with Crippen LogP contribution in [0.5, 0.6) is 0 Å². The van der Waals surface area contributed by atoms with Crippen LogP contribution in [0.4, 0.5) is 9.93 Å². The minimum atomic E-state index is -0.0425. The fourth-order valence-electron chi connectivity index (χ4n) is 2.39. The van der Waals surface area contributed by atoms with E-state index in [0.29, 0.717) is 17.0 Å². The zero-order valence-corrected chi connectivity index (χ0v) is 13.9. The van der Waals surface area contributed by atoms with Crippen LogP contribution in [-0.4, -0.2) is 42.2 Å². The van der Waals surface area contributed by atoms with E-state index in [1.165, 1.54) is 11.3 Å². The topological polar surface area (TPSA) is 54.5 Å². The van der Waals surface area contributed by atoms with Gasteiger partial charge in [0.05, 0.1) is 12.3 Å². The summed E-state index contributed by atoms with van der Waals surface area (Å²) < 4.78 is 5.44. The second kappa shape index (κ2) is 7.75. The minimum absolute atomic E-state index is 0.0425. The molecule has 0 saturated carbocycles. The van der Waals surface area contributed by atoms with Crippen molar-refractivity contribution in [2.75, 3.05) is 31.6 Å². The number of anilines is 1. The molecule has 5 nitrogen and oxygen atoms in total. The highest BCUT2D eigenvalue weighted by Crippen LogP contribution is 2.25. The number of carbonyl (C=O) groups excluding carboxylic acids is 1. The lowest BCUT2D eigenvalue weighted by Gasteiger charge is -2.16. The molecule has 1 aliphatic rings. The molecule has 21 heavy (non-hydrogen) atoms. The molecule has 2 heterocycles. The third-order valence-corrected chi connectivity index (χ3v) is 4.76. The third kappa shape index (κ3) is 4.41. The van der Waals surface area contributed by atoms with Gasteiger partial charge in [0, 0.05) is 31.0 Å². The van der Waals surface area contributed by atoms with Crippen LogP contribution in [0.1, 0.15) is 45.2 Å². The summed E-state index contributed by atoms with van der Waals surface area (Å²) in [7, 11) is 0. The summed E-state index contributed by atoms with van der Waals surface area (Å²) in [4.78, 5) is 18.6. The smallest absolute Gasteiger partial charge is 0.323 e. The van der Waals surface area contributed by atoms with Gasteiger partial charge in [0.15, 0.2) is 5.13 Å². The number of rotatable bonds is 6. The fraction of sp³-hybridized carbons (Fsp3) is 0.733. The molecule has 1 N–H and O–H groups in total. The number of thiazole rings is 1. The van der Waals surface area contributed by atoms with Gasteiger partial charge in [-0.3, -0.25) is 5.32 Å². The van der Waals surface area contributed by atoms with Crippen LogP contribution < -0.4 is 5.32 Å². The first-order valence-corrected chi connectivity index (χ1v) is 8.61. The molecule has 6 heteroatoms. The second-order valence-electron chi connectivity index (χ2n) is 5.58. The number of hydrogen-bond acceptors (Lipinski definition) is 4. The van der Waals surface area contributed by atoms with Crippen molar-refractivity contribution in [1.82, 2.24) is 9.88 Å². The summed E-state index contributed by atoms with van der Waals surface area (Å²) >= 11 is 1.50. The molecular weight excluding hydrogens is 286 g/mol. The van der Waals surface area contributed by atoms with Crippen molar-refractivity contribution >= 4 is 22.5 Å². The van der Waals surface area contributed by atoms with Crippen molar-refractivity contribution in [3.05, 3.63) is 11.1 Å². The van der Waals surface area contributed by atoms with Gasteiger partial charge in [-0.2, -0.15) is 0 Å². The van der Waals surface area contributed by atoms with Crippen LogP contribution in [0.2, 0.25) is 0 Å². The zero-order valence-electron chi connectivity index (χ0n) is 13.1. The molecular formula is C15H25N3O2S. The summed E-state index contributed by atoms with van der Waals surface area (Å²) in [5, 5.41) is 5.64. The average Bonchev–Trinajstić information content (AvgIpc) is 3.13. The first-order chi connectivity index (χ1) is 10.1. The number of ether oxygens (including phenoxy) is 1. The quantitative estimate of drug-likeness (QED) is 0.874. The van der Waals surface area contributed by atoms with Gasteiger partial charge in [-0.25, -0.2) is 9.78 Å². The number of urea groups is 1. The van der Waals surface area contributed by atoms with Crippen LogP contribution in [0, 0.1) is 5.92 Å². The lowest BCUT2D eigenvalue weighted by molar-refractivity contribution is 0.113. The molecule has 0 radical (unpaired) electrons. The zero-order chi connectivity index (χ0) is 15.2. The number of aromatic nitrogens is 1. The van der Waals surface area contributed by atoms with Gasteiger partial charge < -0.3 is 9.64 Å². The normalized spacial score (nSPS) is 19.8.